The van der Waals surface area contributed by atoms with Crippen molar-refractivity contribution in [2.24, 2.45) is 0 Å². The third kappa shape index (κ3) is 11.1. The average Bonchev–Trinajstić information content (AvgIpc) is 0.839. The van der Waals surface area contributed by atoms with E-state index in [9.17, 15) is 0 Å². The van der Waals surface area contributed by atoms with Crippen molar-refractivity contribution in [1.29, 1.82) is 0 Å². The lowest BCUT2D eigenvalue weighted by Crippen LogP contribution is -1.90. The molecule has 0 fully saturated rings. The second-order valence-corrected chi connectivity index (χ2v) is 24.7. The maximum Gasteiger partial charge on any atom is 0.0972 e. The van der Waals surface area contributed by atoms with Crippen LogP contribution in [0.1, 0.15) is 0 Å². The van der Waals surface area contributed by atoms with Crippen molar-refractivity contribution in [2.45, 2.75) is 0 Å². The normalized spacial score (nSPS) is 11.5. The number of hydrogen-bond acceptors (Lipinski definition) is 8. The van der Waals surface area contributed by atoms with Crippen LogP contribution in [-0.2, 0) is 0 Å². The highest BCUT2D eigenvalue weighted by Crippen LogP contribution is 2.36. The average molecular weight is 1250 g/mol. The molecule has 8 nitrogen and oxygen atoms in total. The van der Waals surface area contributed by atoms with Crippen molar-refractivity contribution in [3.63, 3.8) is 0 Å². The molecule has 0 aliphatic carbocycles. The Morgan fingerprint density at radius 2 is 0.439 bits per heavy atom. The van der Waals surface area contributed by atoms with Crippen molar-refractivity contribution in [2.75, 3.05) is 0 Å². The Kier molecular flexibility index (Phi) is 14.4. The van der Waals surface area contributed by atoms with E-state index in [2.05, 4.69) is 301 Å². The Balaban J connectivity index is 0.000000143. The molecular formula is C90H56N8. The topological polar surface area (TPSA) is 103 Å². The predicted octanol–water partition coefficient (Wildman–Crippen LogP) is 22.8. The molecule has 0 amide bonds. The Morgan fingerprint density at radius 3 is 0.898 bits per heavy atom. The monoisotopic (exact) mass is 1250 g/mol. The first-order valence-electron chi connectivity index (χ1n) is 32.8. The molecule has 0 aliphatic rings. The van der Waals surface area contributed by atoms with E-state index in [4.69, 9.17) is 29.9 Å². The predicted molar refractivity (Wildman–Crippen MR) is 404 cm³/mol. The SMILES string of the molecule is c1ccc(-c2ccc3cc(-c4ccc5ccc(-c6ccc(-c7ccc8ccc9cccnc9c8n7)cc6)nc5c4)ccc3n2)cc1.c1ccc(-c2cccc(-c3ccc4cc(-c5ccc6ccc(-c7ccc(-c8ccc9ccc%10cccnc%10c9n8)cc7)nc6c5)ccc4n3)c2)cc1. The van der Waals surface area contributed by atoms with E-state index in [1.165, 1.54) is 11.1 Å². The molecule has 0 saturated heterocycles. The van der Waals surface area contributed by atoms with Crippen LogP contribution in [0.3, 0.4) is 0 Å². The number of pyridine rings is 8. The van der Waals surface area contributed by atoms with E-state index in [1.54, 1.807) is 0 Å². The maximum absolute atomic E-state index is 5.11. The standard InChI is InChI=1S/C48H30N4.C42H26N4/c1-2-6-31(7-3-1)37-8-4-9-40(28-37)44-26-22-41-29-38(21-25-45(41)50-44)39-18-15-34-19-23-42(51-46(34)30-39)32-11-13-33(14-12-32)43-24-20-36-17-16-35-10-5-27-49-47(35)48(36)52-43;1-2-5-27(6-3-1)36-23-19-35-25-33(18-22-39(35)44-36)34-15-12-30-16-20-37(45-40(30)26-34)28-8-10-29(11-9-28)38-21-17-32-14-13-31-7-4-24-43-41(31)42(32)46-38/h1-30H;1-26H. The van der Waals surface area contributed by atoms with Crippen LogP contribution >= 0.6 is 0 Å². The van der Waals surface area contributed by atoms with E-state index >= 15 is 0 Å². The Morgan fingerprint density at radius 1 is 0.143 bits per heavy atom. The maximum atomic E-state index is 5.11. The number of benzene rings is 11. The van der Waals surface area contributed by atoms with Crippen LogP contribution in [0.25, 0.3) is 188 Å². The summed E-state index contributed by atoms with van der Waals surface area (Å²) >= 11 is 0. The summed E-state index contributed by atoms with van der Waals surface area (Å²) in [6.45, 7) is 0. The third-order valence-electron chi connectivity index (χ3n) is 18.6. The Labute approximate surface area is 564 Å². The molecule has 8 heterocycles. The van der Waals surface area contributed by atoms with E-state index in [-0.39, 0.29) is 0 Å². The Hall–Kier alpha value is -13.3. The van der Waals surface area contributed by atoms with Crippen LogP contribution in [0, 0.1) is 0 Å². The summed E-state index contributed by atoms with van der Waals surface area (Å²) in [4.78, 5) is 39.4. The van der Waals surface area contributed by atoms with Crippen molar-refractivity contribution < 1.29 is 0 Å². The molecule has 456 valence electrons. The minimum absolute atomic E-state index is 0.920. The van der Waals surface area contributed by atoms with Crippen LogP contribution in [-0.4, -0.2) is 39.9 Å². The van der Waals surface area contributed by atoms with Crippen molar-refractivity contribution >= 4 is 87.2 Å². The van der Waals surface area contributed by atoms with Gasteiger partial charge >= 0.3 is 0 Å². The van der Waals surface area contributed by atoms with Gasteiger partial charge < -0.3 is 0 Å². The van der Waals surface area contributed by atoms with Crippen LogP contribution in [0.5, 0.6) is 0 Å². The molecule has 0 atom stereocenters. The second kappa shape index (κ2) is 24.6. The zero-order valence-corrected chi connectivity index (χ0v) is 52.9. The summed E-state index contributed by atoms with van der Waals surface area (Å²) in [5, 5.41) is 8.79. The molecule has 0 saturated carbocycles. The molecule has 0 unspecified atom stereocenters. The first-order chi connectivity index (χ1) is 48.5. The molecule has 0 radical (unpaired) electrons. The first kappa shape index (κ1) is 57.4. The lowest BCUT2D eigenvalue weighted by Gasteiger charge is -2.09. The van der Waals surface area contributed by atoms with Crippen molar-refractivity contribution in [3.05, 3.63) is 340 Å². The van der Waals surface area contributed by atoms with Gasteiger partial charge in [0.05, 0.1) is 78.3 Å². The lowest BCUT2D eigenvalue weighted by molar-refractivity contribution is 1.36. The van der Waals surface area contributed by atoms with Gasteiger partial charge in [-0.2, -0.15) is 0 Å². The van der Waals surface area contributed by atoms with Crippen LogP contribution in [0.4, 0.5) is 0 Å². The summed E-state index contributed by atoms with van der Waals surface area (Å²) in [7, 11) is 0. The van der Waals surface area contributed by atoms with Gasteiger partial charge in [-0.3, -0.25) is 9.97 Å². The second-order valence-electron chi connectivity index (χ2n) is 24.7. The third-order valence-corrected chi connectivity index (χ3v) is 18.6. The highest BCUT2D eigenvalue weighted by molar-refractivity contribution is 6.05. The molecule has 0 bridgehead atoms. The quantitative estimate of drug-likeness (QED) is 0.132. The minimum atomic E-state index is 0.920. The van der Waals surface area contributed by atoms with Gasteiger partial charge in [-0.25, -0.2) is 29.9 Å². The summed E-state index contributed by atoms with van der Waals surface area (Å²) in [6, 6.07) is 114. The largest absolute Gasteiger partial charge is 0.254 e. The van der Waals surface area contributed by atoms with E-state index in [1.807, 2.05) is 48.8 Å². The van der Waals surface area contributed by atoms with Gasteiger partial charge in [0.1, 0.15) is 0 Å². The van der Waals surface area contributed by atoms with Gasteiger partial charge in [0.2, 0.25) is 0 Å². The summed E-state index contributed by atoms with van der Waals surface area (Å²) in [5.41, 5.74) is 26.6. The fourth-order valence-electron chi connectivity index (χ4n) is 13.3. The van der Waals surface area contributed by atoms with E-state index < -0.39 is 0 Å². The zero-order chi connectivity index (χ0) is 64.9. The lowest BCUT2D eigenvalue weighted by atomic mass is 9.99. The molecule has 0 N–H and O–H groups in total. The van der Waals surface area contributed by atoms with Crippen molar-refractivity contribution in [3.8, 4) is 101 Å². The van der Waals surface area contributed by atoms with E-state index in [0.717, 1.165) is 177 Å². The number of aromatic nitrogens is 8. The fraction of sp³-hybridized carbons (Fsp3) is 0. The summed E-state index contributed by atoms with van der Waals surface area (Å²) < 4.78 is 0. The highest BCUT2D eigenvalue weighted by atomic mass is 14.8. The summed E-state index contributed by atoms with van der Waals surface area (Å²) in [5.74, 6) is 0. The number of fused-ring (bicyclic) bond motifs is 10. The van der Waals surface area contributed by atoms with Gasteiger partial charge in [-0.1, -0.05) is 237 Å². The molecule has 11 aromatic carbocycles. The fourth-order valence-corrected chi connectivity index (χ4v) is 13.3. The number of rotatable bonds is 9. The van der Waals surface area contributed by atoms with E-state index in [0.29, 0.717) is 0 Å². The number of hydrogen-bond donors (Lipinski definition) is 0. The smallest absolute Gasteiger partial charge is 0.0972 e. The van der Waals surface area contributed by atoms with Gasteiger partial charge in [0.25, 0.3) is 0 Å². The van der Waals surface area contributed by atoms with Crippen LogP contribution < -0.4 is 0 Å². The zero-order valence-electron chi connectivity index (χ0n) is 52.9. The van der Waals surface area contributed by atoms with Gasteiger partial charge in [0.15, 0.2) is 0 Å². The van der Waals surface area contributed by atoms with Crippen LogP contribution in [0.15, 0.2) is 340 Å². The molecular weight excluding hydrogens is 1190 g/mol. The molecule has 8 heteroatoms. The molecule has 0 aliphatic heterocycles. The van der Waals surface area contributed by atoms with Gasteiger partial charge in [0, 0.05) is 88.9 Å². The highest BCUT2D eigenvalue weighted by Gasteiger charge is 2.14. The number of nitrogens with zero attached hydrogens (tertiary/aromatic N) is 8. The molecule has 0 spiro atoms. The first-order valence-corrected chi connectivity index (χ1v) is 32.8. The van der Waals surface area contributed by atoms with Gasteiger partial charge in [-0.15, -0.1) is 0 Å². The molecule has 19 aromatic rings. The Bertz CT molecular complexity index is 6300. The molecule has 8 aromatic heterocycles. The van der Waals surface area contributed by atoms with Gasteiger partial charge in [-0.05, 0) is 124 Å². The molecule has 98 heavy (non-hydrogen) atoms. The summed E-state index contributed by atoms with van der Waals surface area (Å²) in [6.07, 6.45) is 3.65. The minimum Gasteiger partial charge on any atom is -0.254 e. The van der Waals surface area contributed by atoms with Crippen molar-refractivity contribution in [1.82, 2.24) is 39.9 Å². The van der Waals surface area contributed by atoms with Crippen LogP contribution in [0.2, 0.25) is 0 Å². The molecule has 19 rings (SSSR count).